The van der Waals surface area contributed by atoms with Gasteiger partial charge in [0.05, 0.1) is 22.3 Å². The molecule has 344 valence electrons. The van der Waals surface area contributed by atoms with E-state index in [0.717, 1.165) is 0 Å². The first-order valence-electron chi connectivity index (χ1n) is 18.3. The van der Waals surface area contributed by atoms with E-state index in [1.54, 1.807) is 0 Å². The highest BCUT2D eigenvalue weighted by Gasteiger charge is 2.55. The molecule has 0 bridgehead atoms. The van der Waals surface area contributed by atoms with E-state index in [2.05, 4.69) is 0 Å². The maximum atomic E-state index is 14.4. The number of carbonyl (C=O) groups excluding carboxylic acids is 5. The molecule has 7 rings (SSSR count). The van der Waals surface area contributed by atoms with Gasteiger partial charge >= 0.3 is 23.9 Å². The van der Waals surface area contributed by atoms with Crippen LogP contribution in [0.2, 0.25) is 0 Å². The van der Waals surface area contributed by atoms with Gasteiger partial charge in [0.15, 0.2) is 92.7 Å². The number of fused-ring (bicyclic) bond motifs is 4. The van der Waals surface area contributed by atoms with Crippen LogP contribution in [0.4, 0.5) is 0 Å². The van der Waals surface area contributed by atoms with Crippen LogP contribution in [0, 0.1) is 0 Å². The molecule has 2 heterocycles. The number of rotatable bonds is 6. The molecule has 2 aliphatic heterocycles. The summed E-state index contributed by atoms with van der Waals surface area (Å²) in [6.45, 7) is 0. The predicted molar refractivity (Wildman–Crippen MR) is 207 cm³/mol. The summed E-state index contributed by atoms with van der Waals surface area (Å²) in [6.07, 6.45) is -13.4. The molecule has 5 unspecified atom stereocenters. The van der Waals surface area contributed by atoms with E-state index in [1.165, 1.54) is 0 Å². The highest BCUT2D eigenvalue weighted by Crippen LogP contribution is 2.53. The fourth-order valence-corrected chi connectivity index (χ4v) is 6.92. The van der Waals surface area contributed by atoms with E-state index in [9.17, 15) is 101 Å². The smallest absolute Gasteiger partial charge is 0.340 e. The molecular formula is C41H30O25. The quantitative estimate of drug-likeness (QED) is 0.0658. The van der Waals surface area contributed by atoms with Crippen LogP contribution in [0.5, 0.6) is 86.2 Å². The molecule has 5 aromatic rings. The lowest BCUT2D eigenvalue weighted by Gasteiger charge is -2.44. The minimum absolute atomic E-state index is 0.433. The fraction of sp³-hybridized carbons (Fsp3) is 0.146. The number of ether oxygens (including phenoxy) is 5. The van der Waals surface area contributed by atoms with Gasteiger partial charge in [-0.05, 0) is 48.5 Å². The molecule has 0 amide bonds. The van der Waals surface area contributed by atoms with Gasteiger partial charge < -0.3 is 100 Å². The number of carbonyl (C=O) groups is 5. The maximum absolute atomic E-state index is 14.4. The highest BCUT2D eigenvalue weighted by molar-refractivity contribution is 6.11. The summed E-state index contributed by atoms with van der Waals surface area (Å²) in [6, 6.07) is 4.26. The largest absolute Gasteiger partial charge is 0.504 e. The number of hydrogen-bond acceptors (Lipinski definition) is 25. The van der Waals surface area contributed by atoms with E-state index in [1.807, 2.05) is 0 Å². The van der Waals surface area contributed by atoms with Crippen molar-refractivity contribution < 1.29 is 124 Å². The highest BCUT2D eigenvalue weighted by atomic mass is 16.7. The molecule has 5 atom stereocenters. The SMILES string of the molecule is O=C(OC1OC2CC(=O)c3cc(O)c(O)c(O)c3-c3c(cc(O)c(O)c3O)C(=O)OC2C(OC(=O)c2cc(O)c(O)c(O)c2)C1OC(=O)c1cc(O)c(O)c(O)c1)c1cc(O)c(O)c(O)c1. The van der Waals surface area contributed by atoms with Crippen LogP contribution in [0.3, 0.4) is 0 Å². The van der Waals surface area contributed by atoms with Crippen molar-refractivity contribution >= 4 is 29.7 Å². The Bertz CT molecular complexity index is 2850. The molecule has 0 aliphatic carbocycles. The van der Waals surface area contributed by atoms with Crippen molar-refractivity contribution in [3.05, 3.63) is 76.3 Å². The molecule has 1 saturated heterocycles. The Kier molecular flexibility index (Phi) is 11.1. The number of esters is 4. The number of hydrogen-bond donors (Lipinski definition) is 15. The lowest BCUT2D eigenvalue weighted by atomic mass is 9.86. The molecule has 0 radical (unpaired) electrons. The van der Waals surface area contributed by atoms with Crippen LogP contribution < -0.4 is 0 Å². The standard InChI is InChI=1S/C41H30O25/c42-15-9-24-34(63-40(61)14-8-23(50)31(55)33(57)26(14)25-13(15)7-22(49)30(54)32(25)56)35(64-37(58)10-1-16(43)27(51)17(44)2-10)36(65-38(59)11-3-18(45)28(52)19(46)4-11)41(62-24)66-39(60)12-5-20(47)29(53)21(48)6-12/h1-8,24,34-36,41,43-57H,9H2. The van der Waals surface area contributed by atoms with Gasteiger partial charge in [-0.15, -0.1) is 0 Å². The van der Waals surface area contributed by atoms with E-state index >= 15 is 0 Å². The van der Waals surface area contributed by atoms with Gasteiger partial charge in [-0.1, -0.05) is 0 Å². The van der Waals surface area contributed by atoms with Gasteiger partial charge in [-0.2, -0.15) is 0 Å². The molecule has 1 fully saturated rings. The zero-order chi connectivity index (χ0) is 48.4. The van der Waals surface area contributed by atoms with Crippen LogP contribution in [-0.2, 0) is 23.7 Å². The Hall–Kier alpha value is -9.39. The maximum Gasteiger partial charge on any atom is 0.340 e. The fourth-order valence-electron chi connectivity index (χ4n) is 6.92. The first kappa shape index (κ1) is 44.7. The number of phenolic OH excluding ortho intramolecular Hbond substituents is 15. The van der Waals surface area contributed by atoms with Crippen LogP contribution in [0.15, 0.2) is 48.5 Å². The van der Waals surface area contributed by atoms with Gasteiger partial charge in [-0.3, -0.25) is 4.79 Å². The Morgan fingerprint density at radius 1 is 0.439 bits per heavy atom. The van der Waals surface area contributed by atoms with E-state index < -0.39 is 192 Å². The first-order chi connectivity index (χ1) is 31.0. The van der Waals surface area contributed by atoms with Gasteiger partial charge in [0.2, 0.25) is 23.9 Å². The van der Waals surface area contributed by atoms with E-state index in [0.29, 0.717) is 48.5 Å². The average molecular weight is 923 g/mol. The zero-order valence-electron chi connectivity index (χ0n) is 32.5. The third kappa shape index (κ3) is 7.72. The molecule has 25 heteroatoms. The minimum atomic E-state index is -2.55. The summed E-state index contributed by atoms with van der Waals surface area (Å²) >= 11 is 0. The molecule has 66 heavy (non-hydrogen) atoms. The molecule has 0 spiro atoms. The number of aromatic hydroxyl groups is 15. The normalized spacial score (nSPS) is 19.0. The number of Topliss-reactive ketones (excluding diaryl/α,β-unsaturated/α-hetero) is 1. The van der Waals surface area contributed by atoms with Crippen molar-refractivity contribution in [2.24, 2.45) is 0 Å². The summed E-state index contributed by atoms with van der Waals surface area (Å²) in [5.74, 6) is -25.8. The number of phenols is 15. The van der Waals surface area contributed by atoms with Gasteiger partial charge in [0, 0.05) is 23.1 Å². The second kappa shape index (κ2) is 16.4. The molecule has 0 aromatic heterocycles. The lowest BCUT2D eigenvalue weighted by Crippen LogP contribution is -2.62. The van der Waals surface area contributed by atoms with Crippen LogP contribution in [0.25, 0.3) is 11.1 Å². The van der Waals surface area contributed by atoms with E-state index in [-0.39, 0.29) is 0 Å². The molecule has 0 saturated carbocycles. The Morgan fingerprint density at radius 2 is 0.788 bits per heavy atom. The van der Waals surface area contributed by atoms with Crippen LogP contribution in [-0.4, -0.2) is 137 Å². The summed E-state index contributed by atoms with van der Waals surface area (Å²) in [5.41, 5.74) is -6.30. The van der Waals surface area contributed by atoms with Crippen molar-refractivity contribution in [3.8, 4) is 97.4 Å². The summed E-state index contributed by atoms with van der Waals surface area (Å²) in [7, 11) is 0. The number of benzene rings is 5. The first-order valence-corrected chi connectivity index (χ1v) is 18.3. The third-order valence-corrected chi connectivity index (χ3v) is 10.1. The Balaban J connectivity index is 1.45. The summed E-state index contributed by atoms with van der Waals surface area (Å²) in [5, 5.41) is 155. The third-order valence-electron chi connectivity index (χ3n) is 10.1. The topological polar surface area (TPSA) is 435 Å². The van der Waals surface area contributed by atoms with Gasteiger partial charge in [0.25, 0.3) is 0 Å². The molecule has 15 N–H and O–H groups in total. The molecule has 2 aliphatic rings. The molecule has 25 nitrogen and oxygen atoms in total. The van der Waals surface area contributed by atoms with Crippen LogP contribution in [0.1, 0.15) is 58.2 Å². The average Bonchev–Trinajstić information content (AvgIpc) is 3.26. The monoisotopic (exact) mass is 922 g/mol. The Morgan fingerprint density at radius 3 is 1.21 bits per heavy atom. The summed E-state index contributed by atoms with van der Waals surface area (Å²) in [4.78, 5) is 70.1. The number of ketones is 1. The van der Waals surface area contributed by atoms with Gasteiger partial charge in [-0.25, -0.2) is 19.2 Å². The van der Waals surface area contributed by atoms with Gasteiger partial charge in [0.1, 0.15) is 6.10 Å². The zero-order valence-corrected chi connectivity index (χ0v) is 32.5. The predicted octanol–water partition coefficient (Wildman–Crippen LogP) is 2.08. The summed E-state index contributed by atoms with van der Waals surface area (Å²) < 4.78 is 28.2. The van der Waals surface area contributed by atoms with E-state index in [4.69, 9.17) is 23.7 Å². The lowest BCUT2D eigenvalue weighted by molar-refractivity contribution is -0.277. The van der Waals surface area contributed by atoms with Crippen molar-refractivity contribution in [2.75, 3.05) is 0 Å². The minimum Gasteiger partial charge on any atom is -0.504 e. The molecule has 5 aromatic carbocycles. The van der Waals surface area contributed by atoms with Crippen molar-refractivity contribution in [1.82, 2.24) is 0 Å². The van der Waals surface area contributed by atoms with Crippen molar-refractivity contribution in [1.29, 1.82) is 0 Å². The second-order valence-electron chi connectivity index (χ2n) is 14.3. The Labute approximate surface area is 364 Å². The second-order valence-corrected chi connectivity index (χ2v) is 14.3. The van der Waals surface area contributed by atoms with Crippen LogP contribution >= 0.6 is 0 Å². The van der Waals surface area contributed by atoms with Crippen molar-refractivity contribution in [2.45, 2.75) is 37.1 Å². The molecular weight excluding hydrogens is 892 g/mol. The van der Waals surface area contributed by atoms with Crippen molar-refractivity contribution in [3.63, 3.8) is 0 Å².